The van der Waals surface area contributed by atoms with Crippen LogP contribution in [0.3, 0.4) is 0 Å². The van der Waals surface area contributed by atoms with E-state index in [0.717, 1.165) is 11.6 Å². The average Bonchev–Trinajstić information content (AvgIpc) is 2.51. The summed E-state index contributed by atoms with van der Waals surface area (Å²) in [6.07, 6.45) is -1.23. The maximum Gasteiger partial charge on any atom is 1.00 e. The van der Waals surface area contributed by atoms with Gasteiger partial charge in [0.25, 0.3) is 0 Å². The summed E-state index contributed by atoms with van der Waals surface area (Å²) in [6, 6.07) is 13.1. The predicted octanol–water partition coefficient (Wildman–Crippen LogP) is 0.355. The van der Waals surface area contributed by atoms with Gasteiger partial charge < -0.3 is 20.1 Å². The molecule has 2 N–H and O–H groups in total. The number of ether oxygens (including phenoxy) is 2. The van der Waals surface area contributed by atoms with Crippen molar-refractivity contribution in [3.63, 3.8) is 0 Å². The van der Waals surface area contributed by atoms with Crippen LogP contribution in [0.1, 0.15) is 5.56 Å². The molecule has 0 radical (unpaired) electrons. The van der Waals surface area contributed by atoms with Gasteiger partial charge in [-0.25, -0.2) is 9.18 Å². The number of carbonyl (C=O) groups is 1. The number of carboxylic acid groups (broad SMARTS) is 1. The van der Waals surface area contributed by atoms with E-state index in [2.05, 4.69) is 0 Å². The molecule has 2 rings (SSSR count). The molecule has 5 nitrogen and oxygen atoms in total. The van der Waals surface area contributed by atoms with E-state index in [9.17, 15) is 9.18 Å². The van der Waals surface area contributed by atoms with Gasteiger partial charge in [0.05, 0.1) is 18.2 Å². The average molecular weight is 349 g/mol. The molecule has 2 aromatic carbocycles. The fraction of sp³-hybridized carbons (Fsp3) is 0.188. The number of carboxylic acids is 1. The summed E-state index contributed by atoms with van der Waals surface area (Å²) in [5.41, 5.74) is 0.921. The van der Waals surface area contributed by atoms with Crippen LogP contribution < -0.4 is 23.6 Å². The van der Waals surface area contributed by atoms with E-state index in [0.29, 0.717) is 0 Å². The second-order valence-corrected chi connectivity index (χ2v) is 4.93. The summed E-state index contributed by atoms with van der Waals surface area (Å²) < 4.78 is 23.9. The quantitative estimate of drug-likeness (QED) is 0.730. The van der Waals surface area contributed by atoms with Gasteiger partial charge in [0.15, 0.2) is 0 Å². The number of halogens is 2. The van der Waals surface area contributed by atoms with Gasteiger partial charge in [-0.3, -0.25) is 0 Å². The van der Waals surface area contributed by atoms with Crippen LogP contribution in [0.25, 0.3) is 0 Å². The van der Waals surface area contributed by atoms with Crippen molar-refractivity contribution in [3.8, 4) is 5.75 Å². The van der Waals surface area contributed by atoms with E-state index in [1.165, 1.54) is 12.1 Å². The Balaban J connectivity index is 0.00000264. The van der Waals surface area contributed by atoms with Crippen LogP contribution in [0, 0.1) is 5.82 Å². The van der Waals surface area contributed by atoms with Crippen LogP contribution in [0.15, 0.2) is 48.5 Å². The molecule has 0 saturated carbocycles. The first-order chi connectivity index (χ1) is 10.6. The van der Waals surface area contributed by atoms with Gasteiger partial charge in [-0.05, 0) is 17.7 Å². The first-order valence-electron chi connectivity index (χ1n) is 6.52. The zero-order valence-corrected chi connectivity index (χ0v) is 13.7. The largest absolute Gasteiger partial charge is 1.00 e. The number of aliphatic carboxylic acids is 1. The van der Waals surface area contributed by atoms with Crippen LogP contribution in [-0.4, -0.2) is 29.3 Å². The summed E-state index contributed by atoms with van der Waals surface area (Å²) in [4.78, 5) is 11.2. The molecule has 0 bridgehead atoms. The number of hydrogen-bond donors (Lipinski definition) is 1. The monoisotopic (exact) mass is 348 g/mol. The van der Waals surface area contributed by atoms with Gasteiger partial charge in [-0.2, -0.15) is 0 Å². The Kier molecular flexibility index (Phi) is 10.4. The van der Waals surface area contributed by atoms with Gasteiger partial charge in [-0.1, -0.05) is 41.9 Å². The Hall–Kier alpha value is -1.55. The van der Waals surface area contributed by atoms with Crippen LogP contribution in [0.2, 0.25) is 5.02 Å². The van der Waals surface area contributed by atoms with Gasteiger partial charge in [0.2, 0.25) is 6.10 Å². The fourth-order valence-corrected chi connectivity index (χ4v) is 1.85. The molecule has 0 aliphatic rings. The van der Waals surface area contributed by atoms with E-state index in [-0.39, 0.29) is 48.3 Å². The molecule has 0 heterocycles. The summed E-state index contributed by atoms with van der Waals surface area (Å²) in [7, 11) is 0. The van der Waals surface area contributed by atoms with Crippen molar-refractivity contribution in [2.24, 2.45) is 0 Å². The van der Waals surface area contributed by atoms with Crippen molar-refractivity contribution in [2.75, 3.05) is 6.61 Å². The van der Waals surface area contributed by atoms with Gasteiger partial charge in [0, 0.05) is 6.07 Å². The molecule has 24 heavy (non-hydrogen) atoms. The SMILES string of the molecule is O=C(O)[C@@H](COCc1ccccc1)Oc1ccc(Cl)c(F)c1.[Li+].[OH-]. The fourth-order valence-electron chi connectivity index (χ4n) is 1.73. The molecule has 0 aromatic heterocycles. The molecule has 0 saturated heterocycles. The van der Waals surface area contributed by atoms with Gasteiger partial charge in [0.1, 0.15) is 11.6 Å². The van der Waals surface area contributed by atoms with Gasteiger partial charge >= 0.3 is 24.8 Å². The number of hydrogen-bond acceptors (Lipinski definition) is 4. The molecule has 1 atom stereocenters. The van der Waals surface area contributed by atoms with Gasteiger partial charge in [-0.15, -0.1) is 0 Å². The van der Waals surface area contributed by atoms with Crippen molar-refractivity contribution in [1.29, 1.82) is 0 Å². The van der Waals surface area contributed by atoms with E-state index in [4.69, 9.17) is 26.2 Å². The zero-order valence-electron chi connectivity index (χ0n) is 13.0. The Labute approximate surface area is 155 Å². The first kappa shape index (κ1) is 22.4. The summed E-state index contributed by atoms with van der Waals surface area (Å²) in [5, 5.41) is 9.07. The molecule has 0 fully saturated rings. The Morgan fingerprint density at radius 3 is 2.46 bits per heavy atom. The van der Waals surface area contributed by atoms with E-state index >= 15 is 0 Å². The number of benzene rings is 2. The molecule has 124 valence electrons. The molecule has 0 spiro atoms. The third-order valence-corrected chi connectivity index (χ3v) is 3.13. The maximum absolute atomic E-state index is 13.3. The molecule has 0 aliphatic heterocycles. The molecular formula is C16H15ClFLiO5. The second-order valence-electron chi connectivity index (χ2n) is 4.52. The van der Waals surface area contributed by atoms with Crippen molar-refractivity contribution < 1.29 is 48.1 Å². The maximum atomic E-state index is 13.3. The number of rotatable bonds is 7. The normalized spacial score (nSPS) is 10.9. The predicted molar refractivity (Wildman–Crippen MR) is 81.5 cm³/mol. The van der Waals surface area contributed by atoms with Crippen LogP contribution >= 0.6 is 11.6 Å². The van der Waals surface area contributed by atoms with E-state index in [1.807, 2.05) is 30.3 Å². The van der Waals surface area contributed by atoms with Crippen LogP contribution in [0.5, 0.6) is 5.75 Å². The van der Waals surface area contributed by atoms with Crippen LogP contribution in [0.4, 0.5) is 4.39 Å². The first-order valence-corrected chi connectivity index (χ1v) is 6.90. The van der Waals surface area contributed by atoms with E-state index in [1.54, 1.807) is 0 Å². The van der Waals surface area contributed by atoms with Crippen LogP contribution in [-0.2, 0) is 16.1 Å². The summed E-state index contributed by atoms with van der Waals surface area (Å²) in [5.74, 6) is -1.78. The Bertz CT molecular complexity index is 642. The third kappa shape index (κ3) is 6.91. The van der Waals surface area contributed by atoms with Crippen molar-refractivity contribution >= 4 is 17.6 Å². The summed E-state index contributed by atoms with van der Waals surface area (Å²) in [6.45, 7) is 0.109. The standard InChI is InChI=1S/C16H14ClFO4.Li.H2O/c17-13-7-6-12(8-14(13)18)22-15(16(19)20)10-21-9-11-4-2-1-3-5-11;;/h1-8,15H,9-10H2,(H,19,20);;1H2/q;+1;/p-1/t15-;;/m1../s1. The minimum absolute atomic E-state index is 0. The molecule has 0 aliphatic carbocycles. The van der Waals surface area contributed by atoms with Crippen molar-refractivity contribution in [2.45, 2.75) is 12.7 Å². The zero-order chi connectivity index (χ0) is 15.9. The second kappa shape index (κ2) is 11.1. The van der Waals surface area contributed by atoms with E-state index < -0.39 is 17.9 Å². The third-order valence-electron chi connectivity index (χ3n) is 2.83. The molecule has 8 heteroatoms. The minimum atomic E-state index is -1.23. The molecule has 0 unspecified atom stereocenters. The summed E-state index contributed by atoms with van der Waals surface area (Å²) >= 11 is 5.56. The topological polar surface area (TPSA) is 85.8 Å². The Morgan fingerprint density at radius 1 is 1.21 bits per heavy atom. The van der Waals surface area contributed by atoms with Crippen molar-refractivity contribution in [3.05, 3.63) is 64.9 Å². The minimum Gasteiger partial charge on any atom is -0.870 e. The molecule has 0 amide bonds. The Morgan fingerprint density at radius 2 is 1.88 bits per heavy atom. The van der Waals surface area contributed by atoms with Crippen molar-refractivity contribution in [1.82, 2.24) is 0 Å². The molecule has 2 aromatic rings. The smallest absolute Gasteiger partial charge is 0.870 e. The molecular weight excluding hydrogens is 334 g/mol.